The summed E-state index contributed by atoms with van der Waals surface area (Å²) in [6.07, 6.45) is 2.68. The average Bonchev–Trinajstić information content (AvgIpc) is 3.52. The second-order valence-electron chi connectivity index (χ2n) is 8.32. The summed E-state index contributed by atoms with van der Waals surface area (Å²) in [6.45, 7) is 0.560. The molecule has 0 spiro atoms. The summed E-state index contributed by atoms with van der Waals surface area (Å²) in [5.41, 5.74) is 1.39. The van der Waals surface area contributed by atoms with Crippen LogP contribution < -0.4 is 10.4 Å². The number of hydrogen-bond acceptors (Lipinski definition) is 5. The van der Waals surface area contributed by atoms with Crippen LogP contribution in [0.5, 0.6) is 0 Å². The summed E-state index contributed by atoms with van der Waals surface area (Å²) in [7, 11) is -7.39. The Balaban J connectivity index is 1.31. The molecule has 2 heterocycles. The number of aromatic amines is 1. The van der Waals surface area contributed by atoms with E-state index >= 15 is 0 Å². The number of rotatable bonds is 6. The van der Waals surface area contributed by atoms with Gasteiger partial charge in [0.25, 0.3) is 0 Å². The molecule has 2 aromatic carbocycles. The van der Waals surface area contributed by atoms with Crippen LogP contribution in [0.1, 0.15) is 31.7 Å². The number of nitrogens with zero attached hydrogens (tertiary/aromatic N) is 2. The van der Waals surface area contributed by atoms with Crippen LogP contribution >= 0.6 is 0 Å². The average molecular weight is 477 g/mol. The molecular weight excluding hydrogens is 452 g/mol. The van der Waals surface area contributed by atoms with E-state index in [1.807, 2.05) is 24.3 Å². The molecule has 3 aromatic rings. The second kappa shape index (κ2) is 7.84. The minimum Gasteiger partial charge on any atom is -0.306 e. The Morgan fingerprint density at radius 3 is 2.12 bits per heavy atom. The molecule has 2 fully saturated rings. The minimum atomic E-state index is -3.76. The Labute approximate surface area is 186 Å². The predicted molar refractivity (Wildman–Crippen MR) is 119 cm³/mol. The molecule has 32 heavy (non-hydrogen) atoms. The SMILES string of the molecule is O=c1[nH]c2ccccc2n1C1CCN(S(=O)(=O)c2ccc(S(=O)(=O)NC3CC3)cc2)CC1. The Hall–Kier alpha value is -2.47. The maximum Gasteiger partial charge on any atom is 0.326 e. The quantitative estimate of drug-likeness (QED) is 0.562. The van der Waals surface area contributed by atoms with Gasteiger partial charge in [-0.25, -0.2) is 26.4 Å². The smallest absolute Gasteiger partial charge is 0.306 e. The number of hydrogen-bond donors (Lipinski definition) is 2. The summed E-state index contributed by atoms with van der Waals surface area (Å²) < 4.78 is 56.5. The lowest BCUT2D eigenvalue weighted by Crippen LogP contribution is -2.40. The standard InChI is InChI=1S/C21H24N4O5S2/c26-21-22-19-3-1-2-4-20(19)25(21)16-11-13-24(14-12-16)32(29,30)18-9-7-17(8-10-18)31(27,28)23-15-5-6-15/h1-4,7-10,15-16,23H,5-6,11-14H2,(H,22,26). The molecule has 1 aliphatic heterocycles. The third kappa shape index (κ3) is 3.90. The van der Waals surface area contributed by atoms with Crippen molar-refractivity contribution in [3.8, 4) is 0 Å². The number of sulfonamides is 2. The Bertz CT molecular complexity index is 1410. The molecule has 1 aromatic heterocycles. The van der Waals surface area contributed by atoms with Crippen molar-refractivity contribution in [2.75, 3.05) is 13.1 Å². The van der Waals surface area contributed by atoms with Crippen molar-refractivity contribution in [2.45, 2.75) is 47.6 Å². The topological polar surface area (TPSA) is 121 Å². The number of para-hydroxylation sites is 2. The maximum atomic E-state index is 13.1. The van der Waals surface area contributed by atoms with E-state index in [-0.39, 0.29) is 40.7 Å². The molecule has 0 atom stereocenters. The first-order valence-electron chi connectivity index (χ1n) is 10.6. The fourth-order valence-corrected chi connectivity index (χ4v) is 6.98. The van der Waals surface area contributed by atoms with Crippen LogP contribution in [0.4, 0.5) is 0 Å². The van der Waals surface area contributed by atoms with Gasteiger partial charge in [-0.05, 0) is 62.1 Å². The third-order valence-corrected chi connectivity index (χ3v) is 9.53. The van der Waals surface area contributed by atoms with Crippen molar-refractivity contribution >= 4 is 31.1 Å². The molecule has 170 valence electrons. The molecule has 0 unspecified atom stereocenters. The number of piperidine rings is 1. The van der Waals surface area contributed by atoms with Crippen LogP contribution in [0.15, 0.2) is 63.1 Å². The van der Waals surface area contributed by atoms with Gasteiger partial charge in [-0.1, -0.05) is 12.1 Å². The van der Waals surface area contributed by atoms with Crippen molar-refractivity contribution in [2.24, 2.45) is 0 Å². The summed E-state index contributed by atoms with van der Waals surface area (Å²) >= 11 is 0. The molecule has 1 aliphatic carbocycles. The highest BCUT2D eigenvalue weighted by Gasteiger charge is 2.32. The van der Waals surface area contributed by atoms with Crippen molar-refractivity contribution in [1.29, 1.82) is 0 Å². The van der Waals surface area contributed by atoms with Gasteiger partial charge in [0.1, 0.15) is 0 Å². The molecule has 11 heteroatoms. The molecular formula is C21H24N4O5S2. The zero-order valence-corrected chi connectivity index (χ0v) is 18.9. The summed E-state index contributed by atoms with van der Waals surface area (Å²) in [4.78, 5) is 15.4. The van der Waals surface area contributed by atoms with Gasteiger partial charge in [-0.15, -0.1) is 0 Å². The van der Waals surface area contributed by atoms with E-state index in [9.17, 15) is 21.6 Å². The molecule has 0 amide bonds. The highest BCUT2D eigenvalue weighted by molar-refractivity contribution is 7.89. The highest BCUT2D eigenvalue weighted by atomic mass is 32.2. The summed E-state index contributed by atoms with van der Waals surface area (Å²) in [5.74, 6) is 0. The molecule has 5 rings (SSSR count). The van der Waals surface area contributed by atoms with Crippen LogP contribution in [0, 0.1) is 0 Å². The van der Waals surface area contributed by atoms with Crippen molar-refractivity contribution < 1.29 is 16.8 Å². The van der Waals surface area contributed by atoms with E-state index in [0.717, 1.165) is 23.9 Å². The van der Waals surface area contributed by atoms with Crippen molar-refractivity contribution in [3.63, 3.8) is 0 Å². The van der Waals surface area contributed by atoms with Crippen LogP contribution in [0.3, 0.4) is 0 Å². The first-order valence-corrected chi connectivity index (χ1v) is 13.5. The van der Waals surface area contributed by atoms with Crippen LogP contribution in [0.25, 0.3) is 11.0 Å². The zero-order valence-electron chi connectivity index (χ0n) is 17.3. The highest BCUT2D eigenvalue weighted by Crippen LogP contribution is 2.29. The van der Waals surface area contributed by atoms with Crippen LogP contribution in [-0.4, -0.2) is 49.8 Å². The molecule has 0 radical (unpaired) electrons. The number of nitrogens with one attached hydrogen (secondary N) is 2. The van der Waals surface area contributed by atoms with E-state index in [0.29, 0.717) is 12.8 Å². The van der Waals surface area contributed by atoms with Gasteiger partial charge in [0.15, 0.2) is 0 Å². The number of aromatic nitrogens is 2. The molecule has 2 N–H and O–H groups in total. The van der Waals surface area contributed by atoms with E-state index in [1.54, 1.807) is 4.57 Å². The maximum absolute atomic E-state index is 13.1. The van der Waals surface area contributed by atoms with Gasteiger partial charge in [-0.2, -0.15) is 4.31 Å². The third-order valence-electron chi connectivity index (χ3n) is 6.08. The molecule has 0 bridgehead atoms. The molecule has 2 aliphatic rings. The van der Waals surface area contributed by atoms with Gasteiger partial charge in [-0.3, -0.25) is 4.57 Å². The van der Waals surface area contributed by atoms with Crippen molar-refractivity contribution in [3.05, 3.63) is 59.0 Å². The first-order chi connectivity index (χ1) is 15.3. The lowest BCUT2D eigenvalue weighted by Gasteiger charge is -2.31. The fourth-order valence-electron chi connectivity index (χ4n) is 4.21. The van der Waals surface area contributed by atoms with Gasteiger partial charge < -0.3 is 4.98 Å². The summed E-state index contributed by atoms with van der Waals surface area (Å²) in [5, 5.41) is 0. The molecule has 1 saturated carbocycles. The number of fused-ring (bicyclic) bond motifs is 1. The van der Waals surface area contributed by atoms with Crippen LogP contribution in [0.2, 0.25) is 0 Å². The van der Waals surface area contributed by atoms with Gasteiger partial charge in [0, 0.05) is 25.2 Å². The zero-order chi connectivity index (χ0) is 22.5. The Morgan fingerprint density at radius 1 is 0.844 bits per heavy atom. The van der Waals surface area contributed by atoms with E-state index in [1.165, 1.54) is 28.6 Å². The Kier molecular flexibility index (Phi) is 5.24. The second-order valence-corrected chi connectivity index (χ2v) is 12.0. The van der Waals surface area contributed by atoms with Crippen molar-refractivity contribution in [1.82, 2.24) is 18.6 Å². The lowest BCUT2D eigenvalue weighted by molar-refractivity contribution is 0.274. The molecule has 1 saturated heterocycles. The van der Waals surface area contributed by atoms with E-state index in [4.69, 9.17) is 0 Å². The van der Waals surface area contributed by atoms with Gasteiger partial charge in [0.2, 0.25) is 20.0 Å². The normalized spacial score (nSPS) is 18.9. The monoisotopic (exact) mass is 476 g/mol. The van der Waals surface area contributed by atoms with Gasteiger partial charge >= 0.3 is 5.69 Å². The number of H-pyrrole nitrogens is 1. The first kappa shape index (κ1) is 21.4. The van der Waals surface area contributed by atoms with Crippen LogP contribution in [-0.2, 0) is 20.0 Å². The lowest BCUT2D eigenvalue weighted by atomic mass is 10.1. The Morgan fingerprint density at radius 2 is 1.47 bits per heavy atom. The number of benzene rings is 2. The van der Waals surface area contributed by atoms with Gasteiger partial charge in [0.05, 0.1) is 20.8 Å². The largest absolute Gasteiger partial charge is 0.326 e. The minimum absolute atomic E-state index is 0.0191. The number of imidazole rings is 1. The predicted octanol–water partition coefficient (Wildman–Crippen LogP) is 1.80. The van der Waals surface area contributed by atoms with E-state index in [2.05, 4.69) is 9.71 Å². The van der Waals surface area contributed by atoms with E-state index < -0.39 is 20.0 Å². The molecule has 9 nitrogen and oxygen atoms in total. The summed E-state index contributed by atoms with van der Waals surface area (Å²) in [6, 6.07) is 12.7. The fraction of sp³-hybridized carbons (Fsp3) is 0.381.